The quantitative estimate of drug-likeness (QED) is 0.296. The van der Waals surface area contributed by atoms with E-state index < -0.39 is 8.32 Å². The molecule has 2 heteroatoms. The molecule has 0 unspecified atom stereocenters. The SMILES string of the molecule is C[C+](C)C(=C=C1CCCCC1)O[Si](C)(C)C. The zero-order chi connectivity index (χ0) is 12.2. The van der Waals surface area contributed by atoms with E-state index in [1.165, 1.54) is 43.6 Å². The van der Waals surface area contributed by atoms with Crippen molar-refractivity contribution < 1.29 is 4.43 Å². The minimum Gasteiger partial charge on any atom is -0.510 e. The van der Waals surface area contributed by atoms with Crippen molar-refractivity contribution in [1.82, 2.24) is 0 Å². The molecule has 0 aromatic rings. The molecule has 0 bridgehead atoms. The molecule has 0 heterocycles. The Morgan fingerprint density at radius 3 is 2.12 bits per heavy atom. The van der Waals surface area contributed by atoms with Crippen molar-refractivity contribution >= 4 is 8.32 Å². The van der Waals surface area contributed by atoms with Crippen LogP contribution in [0.15, 0.2) is 17.1 Å². The predicted molar refractivity (Wildman–Crippen MR) is 72.6 cm³/mol. The van der Waals surface area contributed by atoms with Gasteiger partial charge >= 0.3 is 5.76 Å². The van der Waals surface area contributed by atoms with Crippen LogP contribution in [-0.2, 0) is 4.43 Å². The van der Waals surface area contributed by atoms with E-state index in [9.17, 15) is 0 Å². The zero-order valence-electron chi connectivity index (χ0n) is 11.4. The van der Waals surface area contributed by atoms with E-state index in [2.05, 4.69) is 39.2 Å². The van der Waals surface area contributed by atoms with Crippen molar-refractivity contribution in [2.75, 3.05) is 0 Å². The van der Waals surface area contributed by atoms with Crippen LogP contribution in [-0.4, -0.2) is 8.32 Å². The predicted octanol–water partition coefficient (Wildman–Crippen LogP) is 4.83. The summed E-state index contributed by atoms with van der Waals surface area (Å²) in [5, 5.41) is 0. The Kier molecular flexibility index (Phi) is 4.76. The van der Waals surface area contributed by atoms with Crippen LogP contribution in [0.25, 0.3) is 0 Å². The summed E-state index contributed by atoms with van der Waals surface area (Å²) in [6.07, 6.45) is 6.46. The third-order valence-electron chi connectivity index (χ3n) is 2.61. The molecular formula is C14H25OSi+. The van der Waals surface area contributed by atoms with Gasteiger partial charge in [0.15, 0.2) is 0 Å². The molecule has 0 spiro atoms. The first-order valence-electron chi connectivity index (χ1n) is 6.37. The van der Waals surface area contributed by atoms with Crippen molar-refractivity contribution in [3.05, 3.63) is 23.0 Å². The van der Waals surface area contributed by atoms with E-state index in [-0.39, 0.29) is 0 Å². The third-order valence-corrected chi connectivity index (χ3v) is 3.43. The summed E-state index contributed by atoms with van der Waals surface area (Å²) in [5.41, 5.74) is 4.98. The topological polar surface area (TPSA) is 9.23 Å². The highest BCUT2D eigenvalue weighted by molar-refractivity contribution is 6.70. The van der Waals surface area contributed by atoms with E-state index in [4.69, 9.17) is 4.43 Å². The van der Waals surface area contributed by atoms with Crippen molar-refractivity contribution in [2.45, 2.75) is 65.6 Å². The van der Waals surface area contributed by atoms with E-state index in [0.29, 0.717) is 0 Å². The van der Waals surface area contributed by atoms with Crippen LogP contribution >= 0.6 is 0 Å². The lowest BCUT2D eigenvalue weighted by Gasteiger charge is -2.17. The van der Waals surface area contributed by atoms with Crippen molar-refractivity contribution in [3.8, 4) is 0 Å². The highest BCUT2D eigenvalue weighted by atomic mass is 28.4. The first-order chi connectivity index (χ1) is 7.38. The first kappa shape index (κ1) is 13.5. The van der Waals surface area contributed by atoms with E-state index in [0.717, 1.165) is 5.76 Å². The summed E-state index contributed by atoms with van der Waals surface area (Å²) in [6.45, 7) is 10.9. The largest absolute Gasteiger partial charge is 0.510 e. The highest BCUT2D eigenvalue weighted by Crippen LogP contribution is 2.25. The van der Waals surface area contributed by atoms with Gasteiger partial charge in [-0.1, -0.05) is 6.42 Å². The van der Waals surface area contributed by atoms with Crippen LogP contribution in [0.1, 0.15) is 46.0 Å². The lowest BCUT2D eigenvalue weighted by Crippen LogP contribution is -2.25. The molecule has 0 aliphatic heterocycles. The molecule has 1 nitrogen and oxygen atoms in total. The maximum absolute atomic E-state index is 6.09. The van der Waals surface area contributed by atoms with Gasteiger partial charge in [0.05, 0.1) is 5.57 Å². The number of allylic oxidation sites excluding steroid dienone is 1. The van der Waals surface area contributed by atoms with E-state index in [1.54, 1.807) is 0 Å². The lowest BCUT2D eigenvalue weighted by atomic mass is 9.95. The van der Waals surface area contributed by atoms with Gasteiger partial charge in [0, 0.05) is 13.8 Å². The van der Waals surface area contributed by atoms with Crippen LogP contribution in [0, 0.1) is 5.92 Å². The number of hydrogen-bond acceptors (Lipinski definition) is 1. The smallest absolute Gasteiger partial charge is 0.333 e. The molecule has 0 N–H and O–H groups in total. The second-order valence-electron chi connectivity index (χ2n) is 5.83. The van der Waals surface area contributed by atoms with Gasteiger partial charge in [0.1, 0.15) is 11.6 Å². The molecule has 0 aromatic heterocycles. The van der Waals surface area contributed by atoms with Gasteiger partial charge in [-0.3, -0.25) is 0 Å². The van der Waals surface area contributed by atoms with Crippen molar-refractivity contribution in [1.29, 1.82) is 0 Å². The molecule has 0 radical (unpaired) electrons. The maximum atomic E-state index is 6.09. The molecule has 1 fully saturated rings. The molecule has 1 rings (SSSR count). The standard InChI is InChI=1S/C14H25OSi/c1-12(2)14(15-16(3,4)5)11-13-9-7-6-8-10-13/h6-10H2,1-5H3/q+1. The Labute approximate surface area is 102 Å². The maximum Gasteiger partial charge on any atom is 0.333 e. The Morgan fingerprint density at radius 2 is 1.69 bits per heavy atom. The molecule has 1 aliphatic rings. The van der Waals surface area contributed by atoms with Crippen LogP contribution < -0.4 is 0 Å². The molecule has 16 heavy (non-hydrogen) atoms. The van der Waals surface area contributed by atoms with Crippen LogP contribution in [0.4, 0.5) is 0 Å². The van der Waals surface area contributed by atoms with Crippen LogP contribution in [0.5, 0.6) is 0 Å². The number of rotatable bonds is 3. The summed E-state index contributed by atoms with van der Waals surface area (Å²) >= 11 is 0. The van der Waals surface area contributed by atoms with E-state index in [1.807, 2.05) is 0 Å². The molecule has 0 saturated heterocycles. The summed E-state index contributed by atoms with van der Waals surface area (Å²) in [6, 6.07) is 0. The Morgan fingerprint density at radius 1 is 1.12 bits per heavy atom. The Hall–Kier alpha value is -0.593. The first-order valence-corrected chi connectivity index (χ1v) is 9.77. The van der Waals surface area contributed by atoms with Gasteiger partial charge in [-0.2, -0.15) is 0 Å². The second-order valence-corrected chi connectivity index (χ2v) is 10.3. The minimum atomic E-state index is -1.50. The van der Waals surface area contributed by atoms with Crippen molar-refractivity contribution in [3.63, 3.8) is 0 Å². The molecule has 90 valence electrons. The molecule has 0 aromatic carbocycles. The van der Waals surface area contributed by atoms with Crippen LogP contribution in [0.2, 0.25) is 19.6 Å². The molecule has 0 atom stereocenters. The molecule has 0 amide bonds. The highest BCUT2D eigenvalue weighted by Gasteiger charge is 2.25. The van der Waals surface area contributed by atoms with Gasteiger partial charge < -0.3 is 4.43 Å². The van der Waals surface area contributed by atoms with Gasteiger partial charge in [0.2, 0.25) is 8.32 Å². The average molecular weight is 237 g/mol. The molecule has 1 saturated carbocycles. The molecule has 1 aliphatic carbocycles. The normalized spacial score (nSPS) is 16.7. The van der Waals surface area contributed by atoms with Gasteiger partial charge in [0.25, 0.3) is 0 Å². The number of hydrogen-bond donors (Lipinski definition) is 0. The van der Waals surface area contributed by atoms with Gasteiger partial charge in [-0.25, -0.2) is 0 Å². The fraction of sp³-hybridized carbons (Fsp3) is 0.714. The third kappa shape index (κ3) is 4.96. The average Bonchev–Trinajstić information content (AvgIpc) is 2.16. The minimum absolute atomic E-state index is 1.01. The summed E-state index contributed by atoms with van der Waals surface area (Å²) in [4.78, 5) is 0. The van der Waals surface area contributed by atoms with Crippen LogP contribution in [0.3, 0.4) is 0 Å². The van der Waals surface area contributed by atoms with E-state index >= 15 is 0 Å². The monoisotopic (exact) mass is 237 g/mol. The Bertz CT molecular complexity index is 282. The molecular weight excluding hydrogens is 212 g/mol. The fourth-order valence-electron chi connectivity index (χ4n) is 1.82. The summed E-state index contributed by atoms with van der Waals surface area (Å²) < 4.78 is 6.09. The zero-order valence-corrected chi connectivity index (χ0v) is 12.4. The van der Waals surface area contributed by atoms with Gasteiger partial charge in [-0.05, 0) is 45.3 Å². The second kappa shape index (κ2) is 5.65. The van der Waals surface area contributed by atoms with Gasteiger partial charge in [-0.15, -0.1) is 0 Å². The summed E-state index contributed by atoms with van der Waals surface area (Å²) in [7, 11) is -1.50. The van der Waals surface area contributed by atoms with Crippen molar-refractivity contribution in [2.24, 2.45) is 0 Å². The Balaban J connectivity index is 2.87. The fourth-order valence-corrected chi connectivity index (χ4v) is 2.69. The lowest BCUT2D eigenvalue weighted by molar-refractivity contribution is 0.417. The summed E-state index contributed by atoms with van der Waals surface area (Å²) in [5.74, 6) is 2.26.